The van der Waals surface area contributed by atoms with Gasteiger partial charge in [-0.3, -0.25) is 4.79 Å². The van der Waals surface area contributed by atoms with Crippen LogP contribution in [0.15, 0.2) is 59.6 Å². The van der Waals surface area contributed by atoms with E-state index in [9.17, 15) is 4.79 Å². The van der Waals surface area contributed by atoms with Gasteiger partial charge in [0.05, 0.1) is 6.54 Å². The van der Waals surface area contributed by atoms with Gasteiger partial charge in [-0.15, -0.1) is 24.0 Å². The molecule has 1 amide bonds. The highest BCUT2D eigenvalue weighted by Gasteiger charge is 2.13. The van der Waals surface area contributed by atoms with Crippen molar-refractivity contribution >= 4 is 35.8 Å². The van der Waals surface area contributed by atoms with Gasteiger partial charge >= 0.3 is 0 Å². The maximum absolute atomic E-state index is 12.0. The van der Waals surface area contributed by atoms with Crippen LogP contribution in [0.1, 0.15) is 28.4 Å². The van der Waals surface area contributed by atoms with Gasteiger partial charge < -0.3 is 20.4 Å². The van der Waals surface area contributed by atoms with Crippen LogP contribution in [-0.2, 0) is 13.0 Å². The molecule has 6 nitrogen and oxygen atoms in total. The average molecular weight is 537 g/mol. The van der Waals surface area contributed by atoms with Crippen LogP contribution < -0.4 is 10.6 Å². The Bertz CT molecular complexity index is 806. The molecule has 0 aromatic heterocycles. The topological polar surface area (TPSA) is 60.0 Å². The Balaban J connectivity index is 0.00000480. The Hall–Kier alpha value is -2.13. The first kappa shape index (κ1) is 26.9. The van der Waals surface area contributed by atoms with E-state index < -0.39 is 0 Å². The molecule has 2 aromatic carbocycles. The Morgan fingerprint density at radius 3 is 2.13 bits per heavy atom. The molecule has 0 saturated heterocycles. The lowest BCUT2D eigenvalue weighted by atomic mass is 10.1. The van der Waals surface area contributed by atoms with Crippen LogP contribution in [0.4, 0.5) is 0 Å². The summed E-state index contributed by atoms with van der Waals surface area (Å²) in [5.74, 6) is 0.805. The van der Waals surface area contributed by atoms with Crippen molar-refractivity contribution in [3.8, 4) is 0 Å². The van der Waals surface area contributed by atoms with Crippen molar-refractivity contribution in [3.05, 3.63) is 71.3 Å². The van der Waals surface area contributed by atoms with Crippen molar-refractivity contribution in [2.45, 2.75) is 25.9 Å². The fourth-order valence-corrected chi connectivity index (χ4v) is 3.06. The van der Waals surface area contributed by atoms with Crippen LogP contribution in [0, 0.1) is 0 Å². The van der Waals surface area contributed by atoms with Crippen LogP contribution >= 0.6 is 24.0 Å². The van der Waals surface area contributed by atoms with Gasteiger partial charge in [-0.25, -0.2) is 4.99 Å². The first-order valence-electron chi connectivity index (χ1n) is 10.4. The molecule has 0 saturated carbocycles. The Labute approximate surface area is 204 Å². The molecular weight excluding hydrogens is 501 g/mol. The van der Waals surface area contributed by atoms with Crippen LogP contribution in [0.3, 0.4) is 0 Å². The molecule has 0 aliphatic carbocycles. The van der Waals surface area contributed by atoms with Crippen molar-refractivity contribution in [2.75, 3.05) is 41.3 Å². The van der Waals surface area contributed by atoms with E-state index in [1.54, 1.807) is 19.0 Å². The minimum atomic E-state index is 0. The van der Waals surface area contributed by atoms with E-state index in [4.69, 9.17) is 4.99 Å². The van der Waals surface area contributed by atoms with Crippen LogP contribution in [-0.4, -0.2) is 69.0 Å². The van der Waals surface area contributed by atoms with Gasteiger partial charge in [0.25, 0.3) is 5.91 Å². The van der Waals surface area contributed by atoms with Gasteiger partial charge in [0.1, 0.15) is 0 Å². The zero-order valence-corrected chi connectivity index (χ0v) is 21.6. The Morgan fingerprint density at radius 1 is 0.935 bits per heavy atom. The fraction of sp³-hybridized carbons (Fsp3) is 0.417. The molecule has 2 rings (SSSR count). The largest absolute Gasteiger partial charge is 0.357 e. The molecule has 0 bridgehead atoms. The lowest BCUT2D eigenvalue weighted by Gasteiger charge is -2.25. The third-order valence-electron chi connectivity index (χ3n) is 4.92. The third-order valence-corrected chi connectivity index (χ3v) is 4.92. The van der Waals surface area contributed by atoms with Crippen molar-refractivity contribution in [1.29, 1.82) is 0 Å². The third kappa shape index (κ3) is 9.26. The minimum Gasteiger partial charge on any atom is -0.357 e. The first-order chi connectivity index (χ1) is 14.4. The second-order valence-corrected chi connectivity index (χ2v) is 7.78. The molecule has 1 unspecified atom stereocenters. The lowest BCUT2D eigenvalue weighted by Crippen LogP contribution is -2.46. The zero-order chi connectivity index (χ0) is 21.9. The molecule has 0 aliphatic heterocycles. The predicted octanol–water partition coefficient (Wildman–Crippen LogP) is 3.23. The number of guanidine groups is 1. The van der Waals surface area contributed by atoms with E-state index in [0.29, 0.717) is 18.2 Å². The number of aliphatic imine (C=N–C) groups is 1. The fourth-order valence-electron chi connectivity index (χ4n) is 3.06. The Morgan fingerprint density at radius 2 is 1.58 bits per heavy atom. The lowest BCUT2D eigenvalue weighted by molar-refractivity contribution is 0.0827. The number of nitrogens with zero attached hydrogens (tertiary/aromatic N) is 3. The molecule has 31 heavy (non-hydrogen) atoms. The van der Waals surface area contributed by atoms with Gasteiger partial charge in [-0.05, 0) is 50.7 Å². The normalized spacial score (nSPS) is 12.1. The van der Waals surface area contributed by atoms with Crippen LogP contribution in [0.25, 0.3) is 0 Å². The number of carbonyl (C=O) groups excluding carboxylic acids is 1. The number of benzene rings is 2. The monoisotopic (exact) mass is 537 g/mol. The highest BCUT2D eigenvalue weighted by molar-refractivity contribution is 14.0. The number of amides is 1. The number of rotatable bonds is 9. The van der Waals surface area contributed by atoms with Gasteiger partial charge in [0.15, 0.2) is 5.96 Å². The average Bonchev–Trinajstić information content (AvgIpc) is 2.75. The van der Waals surface area contributed by atoms with E-state index in [1.807, 2.05) is 30.3 Å². The number of carbonyl (C=O) groups is 1. The number of halogens is 1. The summed E-state index contributed by atoms with van der Waals surface area (Å²) in [6.07, 6.45) is 0.974. The maximum atomic E-state index is 12.0. The summed E-state index contributed by atoms with van der Waals surface area (Å²) in [6.45, 7) is 4.21. The smallest absolute Gasteiger partial charge is 0.253 e. The SMILES string of the molecule is CCNC(=NCc1ccc(C(=O)N(C)C)cc1)NCC(Cc1ccccc1)N(C)C.I. The van der Waals surface area contributed by atoms with Crippen molar-refractivity contribution in [3.63, 3.8) is 0 Å². The number of nitrogens with one attached hydrogen (secondary N) is 2. The predicted molar refractivity (Wildman–Crippen MR) is 140 cm³/mol. The van der Waals surface area contributed by atoms with E-state index >= 15 is 0 Å². The molecule has 0 heterocycles. The molecular formula is C24H36IN5O. The number of likely N-dealkylation sites (N-methyl/N-ethyl adjacent to an activating group) is 1. The second-order valence-electron chi connectivity index (χ2n) is 7.78. The molecule has 0 radical (unpaired) electrons. The van der Waals surface area contributed by atoms with Crippen molar-refractivity contribution in [2.24, 2.45) is 4.99 Å². The highest BCUT2D eigenvalue weighted by atomic mass is 127. The maximum Gasteiger partial charge on any atom is 0.253 e. The summed E-state index contributed by atoms with van der Waals surface area (Å²) < 4.78 is 0. The quantitative estimate of drug-likeness (QED) is 0.293. The van der Waals surface area contributed by atoms with Gasteiger partial charge in [0, 0.05) is 38.8 Å². The number of hydrogen-bond donors (Lipinski definition) is 2. The summed E-state index contributed by atoms with van der Waals surface area (Å²) in [5, 5.41) is 6.79. The zero-order valence-electron chi connectivity index (χ0n) is 19.3. The highest BCUT2D eigenvalue weighted by Crippen LogP contribution is 2.08. The standard InChI is InChI=1S/C24H35N5O.HI/c1-6-25-24(26-17-20-12-14-21(15-13-20)23(30)29(4)5)27-18-22(28(2)3)16-19-10-8-7-9-11-19;/h7-15,22H,6,16-18H2,1-5H3,(H2,25,26,27);1H. The van der Waals surface area contributed by atoms with Crippen LogP contribution in [0.2, 0.25) is 0 Å². The molecule has 0 aliphatic rings. The van der Waals surface area contributed by atoms with E-state index in [0.717, 1.165) is 31.0 Å². The van der Waals surface area contributed by atoms with Gasteiger partial charge in [0.2, 0.25) is 0 Å². The second kappa shape index (κ2) is 14.0. The van der Waals surface area contributed by atoms with E-state index in [2.05, 4.69) is 60.8 Å². The summed E-state index contributed by atoms with van der Waals surface area (Å²) in [5.41, 5.74) is 3.08. The van der Waals surface area contributed by atoms with E-state index in [-0.39, 0.29) is 29.9 Å². The van der Waals surface area contributed by atoms with Crippen LogP contribution in [0.5, 0.6) is 0 Å². The molecule has 0 fully saturated rings. The molecule has 7 heteroatoms. The number of hydrogen-bond acceptors (Lipinski definition) is 3. The molecule has 2 aromatic rings. The van der Waals surface area contributed by atoms with Crippen molar-refractivity contribution < 1.29 is 4.79 Å². The molecule has 2 N–H and O–H groups in total. The van der Waals surface area contributed by atoms with Crippen molar-refractivity contribution in [1.82, 2.24) is 20.4 Å². The molecule has 0 spiro atoms. The Kier molecular flexibility index (Phi) is 12.2. The van der Waals surface area contributed by atoms with E-state index in [1.165, 1.54) is 5.56 Å². The summed E-state index contributed by atoms with van der Waals surface area (Å²) in [7, 11) is 7.73. The first-order valence-corrected chi connectivity index (χ1v) is 10.4. The summed E-state index contributed by atoms with van der Waals surface area (Å²) in [6, 6.07) is 18.5. The van der Waals surface area contributed by atoms with Gasteiger partial charge in [-0.1, -0.05) is 42.5 Å². The minimum absolute atomic E-state index is 0. The summed E-state index contributed by atoms with van der Waals surface area (Å²) in [4.78, 5) is 20.5. The van der Waals surface area contributed by atoms with Gasteiger partial charge in [-0.2, -0.15) is 0 Å². The molecule has 170 valence electrons. The molecule has 1 atom stereocenters. The summed E-state index contributed by atoms with van der Waals surface area (Å²) >= 11 is 0.